The van der Waals surface area contributed by atoms with Crippen molar-refractivity contribution in [2.45, 2.75) is 32.3 Å². The second-order valence-electron chi connectivity index (χ2n) is 3.37. The lowest BCUT2D eigenvalue weighted by molar-refractivity contribution is -0.107. The molecule has 0 bridgehead atoms. The lowest BCUT2D eigenvalue weighted by atomic mass is 10.0. The molecule has 0 amide bonds. The first-order valence-electron chi connectivity index (χ1n) is 4.98. The van der Waals surface area contributed by atoms with Gasteiger partial charge in [-0.25, -0.2) is 0 Å². The van der Waals surface area contributed by atoms with Crippen LogP contribution in [-0.4, -0.2) is 11.4 Å². The molecule has 1 rings (SSSR count). The van der Waals surface area contributed by atoms with Gasteiger partial charge in [0.2, 0.25) is 0 Å². The lowest BCUT2D eigenvalue weighted by Crippen LogP contribution is -1.95. The van der Waals surface area contributed by atoms with Crippen molar-refractivity contribution in [1.29, 1.82) is 0 Å². The van der Waals surface area contributed by atoms with Gasteiger partial charge in [0.15, 0.2) is 0 Å². The number of carbonyl (C=O) groups is 1. The fourth-order valence-electron chi connectivity index (χ4n) is 1.37. The highest BCUT2D eigenvalue weighted by Crippen LogP contribution is 2.16. The predicted octanol–water partition coefficient (Wildman–Crippen LogP) is 2.26. The number of benzene rings is 1. The Morgan fingerprint density at radius 1 is 1.36 bits per heavy atom. The van der Waals surface area contributed by atoms with Gasteiger partial charge >= 0.3 is 0 Å². The summed E-state index contributed by atoms with van der Waals surface area (Å²) in [4.78, 5) is 10.2. The molecular formula is C12H16O2. The largest absolute Gasteiger partial charge is 0.388 e. The number of aliphatic hydroxyl groups is 1. The molecule has 1 unspecified atom stereocenters. The van der Waals surface area contributed by atoms with E-state index in [0.29, 0.717) is 6.42 Å². The summed E-state index contributed by atoms with van der Waals surface area (Å²) in [5, 5.41) is 9.54. The summed E-state index contributed by atoms with van der Waals surface area (Å²) in [7, 11) is 0. The molecule has 0 aliphatic carbocycles. The molecule has 1 N–H and O–H groups in total. The average molecular weight is 192 g/mol. The Kier molecular flexibility index (Phi) is 4.33. The molecule has 1 aromatic rings. The summed E-state index contributed by atoms with van der Waals surface area (Å²) >= 11 is 0. The number of hydrogen-bond donors (Lipinski definition) is 1. The van der Waals surface area contributed by atoms with Crippen molar-refractivity contribution in [3.63, 3.8) is 0 Å². The molecule has 1 atom stereocenters. The molecule has 0 aliphatic rings. The minimum Gasteiger partial charge on any atom is -0.388 e. The highest BCUT2D eigenvalue weighted by atomic mass is 16.3. The molecule has 0 saturated carbocycles. The van der Waals surface area contributed by atoms with Crippen LogP contribution in [0, 0.1) is 0 Å². The second kappa shape index (κ2) is 5.55. The molecule has 1 aromatic carbocycles. The first-order chi connectivity index (χ1) is 6.77. The Hall–Kier alpha value is -1.15. The molecule has 2 nitrogen and oxygen atoms in total. The summed E-state index contributed by atoms with van der Waals surface area (Å²) in [5.74, 6) is 0. The van der Waals surface area contributed by atoms with E-state index >= 15 is 0 Å². The van der Waals surface area contributed by atoms with E-state index in [0.717, 1.165) is 30.3 Å². The van der Waals surface area contributed by atoms with Crippen LogP contribution in [0.5, 0.6) is 0 Å². The molecule has 0 heterocycles. The van der Waals surface area contributed by atoms with Crippen LogP contribution in [0.3, 0.4) is 0 Å². The number of aryl methyl sites for hydroxylation is 1. The molecular weight excluding hydrogens is 176 g/mol. The fraction of sp³-hybridized carbons (Fsp3) is 0.417. The van der Waals surface area contributed by atoms with Crippen LogP contribution in [-0.2, 0) is 11.2 Å². The SMILES string of the molecule is CCC(O)c1ccc(CCC=O)cc1. The summed E-state index contributed by atoms with van der Waals surface area (Å²) in [6.45, 7) is 1.95. The van der Waals surface area contributed by atoms with E-state index in [1.807, 2.05) is 31.2 Å². The third kappa shape index (κ3) is 2.96. The molecule has 0 radical (unpaired) electrons. The molecule has 0 fully saturated rings. The monoisotopic (exact) mass is 192 g/mol. The van der Waals surface area contributed by atoms with Gasteiger partial charge in [0.1, 0.15) is 6.29 Å². The van der Waals surface area contributed by atoms with Crippen LogP contribution in [0.2, 0.25) is 0 Å². The van der Waals surface area contributed by atoms with Crippen LogP contribution in [0.1, 0.15) is 37.0 Å². The van der Waals surface area contributed by atoms with Gasteiger partial charge in [-0.3, -0.25) is 0 Å². The second-order valence-corrected chi connectivity index (χ2v) is 3.37. The maximum atomic E-state index is 10.2. The Labute approximate surface area is 84.6 Å². The van der Waals surface area contributed by atoms with Crippen LogP contribution in [0.25, 0.3) is 0 Å². The van der Waals surface area contributed by atoms with Crippen LogP contribution in [0.15, 0.2) is 24.3 Å². The third-order valence-corrected chi connectivity index (χ3v) is 2.30. The highest BCUT2D eigenvalue weighted by Gasteiger charge is 2.03. The number of carbonyl (C=O) groups excluding carboxylic acids is 1. The van der Waals surface area contributed by atoms with E-state index in [-0.39, 0.29) is 6.10 Å². The number of aldehydes is 1. The Bertz CT molecular complexity index is 277. The zero-order valence-electron chi connectivity index (χ0n) is 8.44. The van der Waals surface area contributed by atoms with E-state index in [4.69, 9.17) is 0 Å². The Morgan fingerprint density at radius 3 is 2.50 bits per heavy atom. The van der Waals surface area contributed by atoms with Gasteiger partial charge in [-0.05, 0) is 24.0 Å². The van der Waals surface area contributed by atoms with Crippen molar-refractivity contribution in [2.24, 2.45) is 0 Å². The summed E-state index contributed by atoms with van der Waals surface area (Å²) in [6.07, 6.45) is 2.64. The predicted molar refractivity (Wildman–Crippen MR) is 56.1 cm³/mol. The fourth-order valence-corrected chi connectivity index (χ4v) is 1.37. The van der Waals surface area contributed by atoms with Gasteiger partial charge < -0.3 is 9.90 Å². The van der Waals surface area contributed by atoms with E-state index in [1.54, 1.807) is 0 Å². The van der Waals surface area contributed by atoms with E-state index in [1.165, 1.54) is 0 Å². The standard InChI is InChI=1S/C12H16O2/c1-2-12(14)11-7-5-10(6-8-11)4-3-9-13/h5-9,12,14H,2-4H2,1H3. The smallest absolute Gasteiger partial charge is 0.120 e. The highest BCUT2D eigenvalue weighted by molar-refractivity contribution is 5.50. The van der Waals surface area contributed by atoms with E-state index < -0.39 is 0 Å². The maximum Gasteiger partial charge on any atom is 0.120 e. The van der Waals surface area contributed by atoms with E-state index in [9.17, 15) is 9.90 Å². The van der Waals surface area contributed by atoms with Gasteiger partial charge in [0.25, 0.3) is 0 Å². The third-order valence-electron chi connectivity index (χ3n) is 2.30. The van der Waals surface area contributed by atoms with Crippen molar-refractivity contribution < 1.29 is 9.90 Å². The molecule has 0 aliphatic heterocycles. The van der Waals surface area contributed by atoms with Gasteiger partial charge in [-0.1, -0.05) is 31.2 Å². The molecule has 0 aromatic heterocycles. The zero-order chi connectivity index (χ0) is 10.4. The normalized spacial score (nSPS) is 12.4. The number of aliphatic hydroxyl groups excluding tert-OH is 1. The summed E-state index contributed by atoms with van der Waals surface area (Å²) in [6, 6.07) is 7.79. The number of rotatable bonds is 5. The summed E-state index contributed by atoms with van der Waals surface area (Å²) in [5.41, 5.74) is 2.09. The lowest BCUT2D eigenvalue weighted by Gasteiger charge is -2.08. The first-order valence-corrected chi connectivity index (χ1v) is 4.98. The van der Waals surface area contributed by atoms with Crippen LogP contribution >= 0.6 is 0 Å². The van der Waals surface area contributed by atoms with Crippen molar-refractivity contribution in [3.05, 3.63) is 35.4 Å². The van der Waals surface area contributed by atoms with Crippen molar-refractivity contribution in [3.8, 4) is 0 Å². The van der Waals surface area contributed by atoms with Crippen LogP contribution < -0.4 is 0 Å². The minimum absolute atomic E-state index is 0.366. The molecule has 76 valence electrons. The van der Waals surface area contributed by atoms with Crippen molar-refractivity contribution in [2.75, 3.05) is 0 Å². The minimum atomic E-state index is -0.366. The van der Waals surface area contributed by atoms with Gasteiger partial charge in [-0.15, -0.1) is 0 Å². The molecule has 0 spiro atoms. The van der Waals surface area contributed by atoms with Gasteiger partial charge in [0.05, 0.1) is 6.10 Å². The zero-order valence-corrected chi connectivity index (χ0v) is 8.44. The van der Waals surface area contributed by atoms with E-state index in [2.05, 4.69) is 0 Å². The quantitative estimate of drug-likeness (QED) is 0.726. The maximum absolute atomic E-state index is 10.2. The molecule has 2 heteroatoms. The summed E-state index contributed by atoms with van der Waals surface area (Å²) < 4.78 is 0. The Balaban J connectivity index is 2.63. The topological polar surface area (TPSA) is 37.3 Å². The molecule has 0 saturated heterocycles. The van der Waals surface area contributed by atoms with Crippen molar-refractivity contribution in [1.82, 2.24) is 0 Å². The van der Waals surface area contributed by atoms with Crippen LogP contribution in [0.4, 0.5) is 0 Å². The molecule has 14 heavy (non-hydrogen) atoms. The van der Waals surface area contributed by atoms with Gasteiger partial charge in [-0.2, -0.15) is 0 Å². The Morgan fingerprint density at radius 2 is 2.00 bits per heavy atom. The van der Waals surface area contributed by atoms with Gasteiger partial charge in [0, 0.05) is 6.42 Å². The average Bonchev–Trinajstić information content (AvgIpc) is 2.26. The number of hydrogen-bond acceptors (Lipinski definition) is 2. The first kappa shape index (κ1) is 10.9. The van der Waals surface area contributed by atoms with Crippen molar-refractivity contribution >= 4 is 6.29 Å².